The maximum atomic E-state index is 13.1. The monoisotopic (exact) mass is 351 g/mol. The highest BCUT2D eigenvalue weighted by Crippen LogP contribution is 2.23. The number of H-pyrrole nitrogens is 1. The van der Waals surface area contributed by atoms with Crippen molar-refractivity contribution in [3.63, 3.8) is 0 Å². The zero-order valence-corrected chi connectivity index (χ0v) is 14.7. The Labute approximate surface area is 152 Å². The Morgan fingerprint density at radius 1 is 1.08 bits per heavy atom. The molecule has 26 heavy (non-hydrogen) atoms. The van der Waals surface area contributed by atoms with Crippen molar-refractivity contribution in [3.05, 3.63) is 78.4 Å². The molecule has 1 aromatic heterocycles. The molecular weight excluding hydrogens is 329 g/mol. The first-order chi connectivity index (χ1) is 12.6. The molecule has 4 nitrogen and oxygen atoms in total. The van der Waals surface area contributed by atoms with E-state index in [0.717, 1.165) is 29.8 Å². The first-order valence-corrected chi connectivity index (χ1v) is 8.62. The van der Waals surface area contributed by atoms with E-state index in [2.05, 4.69) is 27.3 Å². The number of rotatable bonds is 7. The number of aromatic nitrogens is 1. The second kappa shape index (κ2) is 8.34. The number of halogens is 1. The van der Waals surface area contributed by atoms with Crippen molar-refractivity contribution in [1.82, 2.24) is 10.3 Å². The number of carbonyl (C=O) groups excluding carboxylic acids is 1. The molecule has 0 bridgehead atoms. The molecular formula is C21H22FN3O. The Morgan fingerprint density at radius 3 is 2.54 bits per heavy atom. The maximum Gasteiger partial charge on any atom is 0.253 e. The van der Waals surface area contributed by atoms with Crippen LogP contribution < -0.4 is 10.2 Å². The predicted molar refractivity (Wildman–Crippen MR) is 103 cm³/mol. The third-order valence-corrected chi connectivity index (χ3v) is 4.30. The van der Waals surface area contributed by atoms with Gasteiger partial charge in [-0.15, -0.1) is 0 Å². The number of benzene rings is 2. The molecule has 0 aliphatic heterocycles. The van der Waals surface area contributed by atoms with E-state index in [1.807, 2.05) is 25.2 Å². The minimum absolute atomic E-state index is 0.132. The van der Waals surface area contributed by atoms with Gasteiger partial charge >= 0.3 is 0 Å². The number of anilines is 1. The largest absolute Gasteiger partial charge is 0.375 e. The number of aromatic amines is 1. The fourth-order valence-corrected chi connectivity index (χ4v) is 2.84. The van der Waals surface area contributed by atoms with E-state index in [9.17, 15) is 9.18 Å². The maximum absolute atomic E-state index is 13.1. The van der Waals surface area contributed by atoms with Gasteiger partial charge in [-0.1, -0.05) is 30.3 Å². The standard InChI is InChI=1S/C21H22FN3O/c1-25(18-6-3-2-4-7-18)13-5-12-24-21(26)20-15-23-14-19(20)16-8-10-17(22)11-9-16/h2-4,6-11,14-15,23H,5,12-13H2,1H3,(H,24,26). The average Bonchev–Trinajstić information content (AvgIpc) is 3.16. The second-order valence-corrected chi connectivity index (χ2v) is 6.16. The Bertz CT molecular complexity index is 843. The molecule has 134 valence electrons. The Balaban J connectivity index is 1.53. The third kappa shape index (κ3) is 4.30. The second-order valence-electron chi connectivity index (χ2n) is 6.16. The van der Waals surface area contributed by atoms with Gasteiger partial charge in [0, 0.05) is 43.8 Å². The van der Waals surface area contributed by atoms with Crippen molar-refractivity contribution in [2.75, 3.05) is 25.0 Å². The molecule has 1 amide bonds. The van der Waals surface area contributed by atoms with Crippen molar-refractivity contribution in [3.8, 4) is 11.1 Å². The van der Waals surface area contributed by atoms with E-state index in [0.29, 0.717) is 12.1 Å². The van der Waals surface area contributed by atoms with Crippen LogP contribution in [-0.2, 0) is 0 Å². The summed E-state index contributed by atoms with van der Waals surface area (Å²) in [7, 11) is 2.04. The number of nitrogens with one attached hydrogen (secondary N) is 2. The molecule has 0 aliphatic carbocycles. The van der Waals surface area contributed by atoms with E-state index in [1.54, 1.807) is 24.5 Å². The summed E-state index contributed by atoms with van der Waals surface area (Å²) in [5, 5.41) is 2.95. The molecule has 0 spiro atoms. The van der Waals surface area contributed by atoms with E-state index in [4.69, 9.17) is 0 Å². The number of carbonyl (C=O) groups is 1. The molecule has 3 aromatic rings. The lowest BCUT2D eigenvalue weighted by Crippen LogP contribution is -2.28. The topological polar surface area (TPSA) is 48.1 Å². The summed E-state index contributed by atoms with van der Waals surface area (Å²) >= 11 is 0. The van der Waals surface area contributed by atoms with Gasteiger partial charge in [-0.2, -0.15) is 0 Å². The van der Waals surface area contributed by atoms with Crippen molar-refractivity contribution in [1.29, 1.82) is 0 Å². The fourth-order valence-electron chi connectivity index (χ4n) is 2.84. The van der Waals surface area contributed by atoms with E-state index >= 15 is 0 Å². The number of nitrogens with zero attached hydrogens (tertiary/aromatic N) is 1. The van der Waals surface area contributed by atoms with Crippen molar-refractivity contribution in [2.45, 2.75) is 6.42 Å². The highest BCUT2D eigenvalue weighted by Gasteiger charge is 2.13. The summed E-state index contributed by atoms with van der Waals surface area (Å²) in [6.07, 6.45) is 4.27. The summed E-state index contributed by atoms with van der Waals surface area (Å²) in [4.78, 5) is 17.6. The van der Waals surface area contributed by atoms with E-state index < -0.39 is 0 Å². The molecule has 2 N–H and O–H groups in total. The lowest BCUT2D eigenvalue weighted by Gasteiger charge is -2.19. The lowest BCUT2D eigenvalue weighted by molar-refractivity contribution is 0.0954. The van der Waals surface area contributed by atoms with Gasteiger partial charge in [-0.25, -0.2) is 4.39 Å². The SMILES string of the molecule is CN(CCCNC(=O)c1c[nH]cc1-c1ccc(F)cc1)c1ccccc1. The summed E-state index contributed by atoms with van der Waals surface area (Å²) in [5.74, 6) is -0.425. The minimum Gasteiger partial charge on any atom is -0.375 e. The molecule has 1 heterocycles. The Kier molecular flexibility index (Phi) is 5.69. The minimum atomic E-state index is -0.294. The first kappa shape index (κ1) is 17.7. The fraction of sp³-hybridized carbons (Fsp3) is 0.190. The number of amides is 1. The summed E-state index contributed by atoms with van der Waals surface area (Å²) in [6.45, 7) is 1.44. The van der Waals surface area contributed by atoms with Crippen LogP contribution in [-0.4, -0.2) is 31.0 Å². The van der Waals surface area contributed by atoms with Gasteiger partial charge in [0.2, 0.25) is 0 Å². The van der Waals surface area contributed by atoms with Gasteiger partial charge in [-0.05, 0) is 36.2 Å². The molecule has 0 saturated carbocycles. The predicted octanol–water partition coefficient (Wildman–Crippen LogP) is 4.08. The van der Waals surface area contributed by atoms with Crippen LogP contribution >= 0.6 is 0 Å². The van der Waals surface area contributed by atoms with Crippen molar-refractivity contribution < 1.29 is 9.18 Å². The molecule has 5 heteroatoms. The highest BCUT2D eigenvalue weighted by atomic mass is 19.1. The zero-order chi connectivity index (χ0) is 18.4. The van der Waals surface area contributed by atoms with Crippen LogP contribution in [0.25, 0.3) is 11.1 Å². The van der Waals surface area contributed by atoms with E-state index in [-0.39, 0.29) is 11.7 Å². The van der Waals surface area contributed by atoms with Crippen LogP contribution in [0, 0.1) is 5.82 Å². The van der Waals surface area contributed by atoms with Crippen LogP contribution in [0.3, 0.4) is 0 Å². The molecule has 2 aromatic carbocycles. The molecule has 0 aliphatic rings. The normalized spacial score (nSPS) is 10.5. The molecule has 0 saturated heterocycles. The molecule has 0 radical (unpaired) electrons. The van der Waals surface area contributed by atoms with Gasteiger partial charge in [0.25, 0.3) is 5.91 Å². The van der Waals surface area contributed by atoms with Crippen LogP contribution in [0.15, 0.2) is 67.0 Å². The van der Waals surface area contributed by atoms with Crippen LogP contribution in [0.2, 0.25) is 0 Å². The van der Waals surface area contributed by atoms with Crippen LogP contribution in [0.4, 0.5) is 10.1 Å². The number of hydrogen-bond donors (Lipinski definition) is 2. The Hall–Kier alpha value is -3.08. The smallest absolute Gasteiger partial charge is 0.253 e. The summed E-state index contributed by atoms with van der Waals surface area (Å²) < 4.78 is 13.1. The van der Waals surface area contributed by atoms with Gasteiger partial charge < -0.3 is 15.2 Å². The summed E-state index contributed by atoms with van der Waals surface area (Å²) in [5.41, 5.74) is 3.29. The van der Waals surface area contributed by atoms with Crippen LogP contribution in [0.5, 0.6) is 0 Å². The average molecular weight is 351 g/mol. The summed E-state index contributed by atoms with van der Waals surface area (Å²) in [6, 6.07) is 16.3. The number of hydrogen-bond acceptors (Lipinski definition) is 2. The van der Waals surface area contributed by atoms with Crippen molar-refractivity contribution >= 4 is 11.6 Å². The highest BCUT2D eigenvalue weighted by molar-refractivity contribution is 6.00. The van der Waals surface area contributed by atoms with Crippen molar-refractivity contribution in [2.24, 2.45) is 0 Å². The number of para-hydroxylation sites is 1. The zero-order valence-electron chi connectivity index (χ0n) is 14.7. The third-order valence-electron chi connectivity index (χ3n) is 4.30. The van der Waals surface area contributed by atoms with Gasteiger partial charge in [0.05, 0.1) is 5.56 Å². The lowest BCUT2D eigenvalue weighted by atomic mass is 10.0. The first-order valence-electron chi connectivity index (χ1n) is 8.62. The Morgan fingerprint density at radius 2 is 1.81 bits per heavy atom. The van der Waals surface area contributed by atoms with Gasteiger partial charge in [0.1, 0.15) is 5.82 Å². The molecule has 3 rings (SSSR count). The van der Waals surface area contributed by atoms with Gasteiger partial charge in [-0.3, -0.25) is 4.79 Å². The quantitative estimate of drug-likeness (QED) is 0.630. The molecule has 0 atom stereocenters. The molecule has 0 unspecified atom stereocenters. The van der Waals surface area contributed by atoms with E-state index in [1.165, 1.54) is 12.1 Å². The molecule has 0 fully saturated rings. The van der Waals surface area contributed by atoms with Crippen LogP contribution in [0.1, 0.15) is 16.8 Å². The van der Waals surface area contributed by atoms with Gasteiger partial charge in [0.15, 0.2) is 0 Å².